The molecule has 1 N–H and O–H groups in total. The van der Waals surface area contributed by atoms with E-state index in [0.29, 0.717) is 12.2 Å². The van der Waals surface area contributed by atoms with Gasteiger partial charge in [-0.1, -0.05) is 55.8 Å². The molecule has 27 heavy (non-hydrogen) atoms. The van der Waals surface area contributed by atoms with Gasteiger partial charge in [0, 0.05) is 17.9 Å². The molecular formula is C22H24N2O2S. The van der Waals surface area contributed by atoms with Gasteiger partial charge >= 0.3 is 0 Å². The Hall–Kier alpha value is -2.27. The molecule has 2 aliphatic rings. The van der Waals surface area contributed by atoms with Crippen LogP contribution in [0, 0.1) is 0 Å². The minimum atomic E-state index is -0.430. The van der Waals surface area contributed by atoms with Crippen LogP contribution in [0.2, 0.25) is 0 Å². The fourth-order valence-electron chi connectivity index (χ4n) is 4.10. The molecule has 2 atom stereocenters. The predicted molar refractivity (Wildman–Crippen MR) is 110 cm³/mol. The van der Waals surface area contributed by atoms with Crippen molar-refractivity contribution >= 4 is 29.3 Å². The number of benzene rings is 2. The minimum Gasteiger partial charge on any atom is -0.324 e. The maximum Gasteiger partial charge on any atom is 0.248 e. The molecule has 2 fully saturated rings. The first-order chi connectivity index (χ1) is 13.1. The molecule has 2 aliphatic heterocycles. The van der Waals surface area contributed by atoms with E-state index in [0.717, 1.165) is 30.5 Å². The number of carbonyl (C=O) groups is 2. The molecule has 0 aromatic heterocycles. The van der Waals surface area contributed by atoms with Crippen LogP contribution in [-0.4, -0.2) is 28.5 Å². The number of fused-ring (bicyclic) bond motifs is 1. The molecule has 2 heterocycles. The Bertz CT molecular complexity index is 837. The van der Waals surface area contributed by atoms with Gasteiger partial charge in [0.15, 0.2) is 0 Å². The lowest BCUT2D eigenvalue weighted by atomic mass is 10.0. The second-order valence-corrected chi connectivity index (χ2v) is 8.47. The maximum atomic E-state index is 13.0. The van der Waals surface area contributed by atoms with Gasteiger partial charge in [0.2, 0.25) is 11.8 Å². The van der Waals surface area contributed by atoms with E-state index >= 15 is 0 Å². The Kier molecular flexibility index (Phi) is 4.96. The van der Waals surface area contributed by atoms with E-state index in [1.54, 1.807) is 11.8 Å². The first-order valence-electron chi connectivity index (χ1n) is 9.55. The van der Waals surface area contributed by atoms with E-state index in [2.05, 4.69) is 36.5 Å². The van der Waals surface area contributed by atoms with Crippen molar-refractivity contribution in [1.29, 1.82) is 0 Å². The van der Waals surface area contributed by atoms with Gasteiger partial charge in [-0.25, -0.2) is 0 Å². The average Bonchev–Trinajstić information content (AvgIpc) is 3.24. The number of nitrogens with zero attached hydrogens (tertiary/aromatic N) is 1. The predicted octanol–water partition coefficient (Wildman–Crippen LogP) is 4.17. The molecule has 0 saturated carbocycles. The quantitative estimate of drug-likeness (QED) is 0.847. The smallest absolute Gasteiger partial charge is 0.248 e. The van der Waals surface area contributed by atoms with Gasteiger partial charge in [-0.15, -0.1) is 11.8 Å². The van der Waals surface area contributed by atoms with Gasteiger partial charge in [-0.3, -0.25) is 9.59 Å². The van der Waals surface area contributed by atoms with Crippen molar-refractivity contribution in [3.8, 4) is 0 Å². The highest BCUT2D eigenvalue weighted by atomic mass is 32.2. The highest BCUT2D eigenvalue weighted by Crippen LogP contribution is 2.54. The average molecular weight is 381 g/mol. The summed E-state index contributed by atoms with van der Waals surface area (Å²) in [5, 5.41) is 3.01. The van der Waals surface area contributed by atoms with E-state index in [1.807, 2.05) is 35.2 Å². The first kappa shape index (κ1) is 18.1. The summed E-state index contributed by atoms with van der Waals surface area (Å²) in [6.45, 7) is 2.15. The summed E-state index contributed by atoms with van der Waals surface area (Å²) in [6.07, 6.45) is 3.40. The zero-order valence-electron chi connectivity index (χ0n) is 15.5. The van der Waals surface area contributed by atoms with Crippen LogP contribution in [0.25, 0.3) is 0 Å². The molecule has 5 heteroatoms. The third-order valence-corrected chi connectivity index (χ3v) is 7.01. The number of hydrogen-bond acceptors (Lipinski definition) is 3. The second-order valence-electron chi connectivity index (χ2n) is 7.18. The molecule has 4 nitrogen and oxygen atoms in total. The zero-order chi connectivity index (χ0) is 18.9. The molecule has 4 rings (SSSR count). The number of thioether (sulfide) groups is 1. The normalized spacial score (nSPS) is 24.1. The summed E-state index contributed by atoms with van der Waals surface area (Å²) in [6, 6.07) is 17.7. The molecular weight excluding hydrogens is 356 g/mol. The third kappa shape index (κ3) is 3.25. The van der Waals surface area contributed by atoms with E-state index in [-0.39, 0.29) is 11.8 Å². The lowest BCUT2D eigenvalue weighted by Gasteiger charge is -2.34. The summed E-state index contributed by atoms with van der Waals surface area (Å²) >= 11 is 1.72. The number of hydrogen-bond donors (Lipinski definition) is 1. The first-order valence-corrected chi connectivity index (χ1v) is 10.5. The Morgan fingerprint density at radius 1 is 1.19 bits per heavy atom. The molecule has 0 radical (unpaired) electrons. The van der Waals surface area contributed by atoms with Crippen molar-refractivity contribution in [2.75, 3.05) is 11.1 Å². The van der Waals surface area contributed by atoms with Crippen LogP contribution < -0.4 is 5.32 Å². The summed E-state index contributed by atoms with van der Waals surface area (Å²) in [5.74, 6) is 0.599. The van der Waals surface area contributed by atoms with Crippen molar-refractivity contribution < 1.29 is 9.59 Å². The van der Waals surface area contributed by atoms with Crippen molar-refractivity contribution in [1.82, 2.24) is 4.90 Å². The van der Waals surface area contributed by atoms with Crippen LogP contribution in [0.4, 0.5) is 5.69 Å². The van der Waals surface area contributed by atoms with Crippen LogP contribution >= 0.6 is 11.8 Å². The Morgan fingerprint density at radius 2 is 1.93 bits per heavy atom. The Labute approximate surface area is 164 Å². The minimum absolute atomic E-state index is 0.0716. The maximum absolute atomic E-state index is 13.0. The Morgan fingerprint density at radius 3 is 2.63 bits per heavy atom. The lowest BCUT2D eigenvalue weighted by molar-refractivity contribution is -0.136. The largest absolute Gasteiger partial charge is 0.324 e. The van der Waals surface area contributed by atoms with Crippen LogP contribution in [0.1, 0.15) is 37.3 Å². The van der Waals surface area contributed by atoms with Gasteiger partial charge in [0.25, 0.3) is 0 Å². The third-order valence-electron chi connectivity index (χ3n) is 5.41. The van der Waals surface area contributed by atoms with Gasteiger partial charge in [-0.2, -0.15) is 0 Å². The molecule has 2 aromatic carbocycles. The van der Waals surface area contributed by atoms with E-state index in [1.165, 1.54) is 5.56 Å². The van der Waals surface area contributed by atoms with Crippen molar-refractivity contribution in [3.05, 3.63) is 65.7 Å². The van der Waals surface area contributed by atoms with Crippen molar-refractivity contribution in [2.24, 2.45) is 0 Å². The van der Waals surface area contributed by atoms with Crippen LogP contribution in [0.5, 0.6) is 0 Å². The van der Waals surface area contributed by atoms with Gasteiger partial charge in [0.05, 0.1) is 0 Å². The fraction of sp³-hybridized carbons (Fsp3) is 0.364. The summed E-state index contributed by atoms with van der Waals surface area (Å²) in [5.41, 5.74) is 3.17. The fourth-order valence-corrected chi connectivity index (χ4v) is 5.76. The van der Waals surface area contributed by atoms with Crippen molar-refractivity contribution in [3.63, 3.8) is 0 Å². The van der Waals surface area contributed by atoms with Crippen LogP contribution in [-0.2, 0) is 20.9 Å². The van der Waals surface area contributed by atoms with E-state index in [4.69, 9.17) is 0 Å². The highest BCUT2D eigenvalue weighted by molar-refractivity contribution is 8.00. The number of aryl methyl sites for hydroxylation is 1. The highest BCUT2D eigenvalue weighted by Gasteiger charge is 2.56. The molecule has 0 bridgehead atoms. The molecule has 2 saturated heterocycles. The van der Waals surface area contributed by atoms with Gasteiger partial charge < -0.3 is 10.2 Å². The van der Waals surface area contributed by atoms with Crippen molar-refractivity contribution in [2.45, 2.75) is 43.5 Å². The standard InChI is InChI=1S/C22H24N2O2S/c1-2-6-16-9-11-18(12-10-16)23-21(26)19-15-27-22(14-13-20(25)24(19)22)17-7-4-3-5-8-17/h3-5,7-12,19H,2,6,13-15H2,1H3,(H,23,26)/t19-,22-/m1/s1. The molecule has 140 valence electrons. The monoisotopic (exact) mass is 380 g/mol. The number of rotatable bonds is 5. The molecule has 2 aromatic rings. The summed E-state index contributed by atoms with van der Waals surface area (Å²) < 4.78 is 0. The zero-order valence-corrected chi connectivity index (χ0v) is 16.3. The summed E-state index contributed by atoms with van der Waals surface area (Å²) in [4.78, 5) is 27.0. The SMILES string of the molecule is CCCc1ccc(NC(=O)[C@H]2CS[C@@]3(c4ccccc4)CCC(=O)N23)cc1. The van der Waals surface area contributed by atoms with E-state index in [9.17, 15) is 9.59 Å². The number of nitrogens with one attached hydrogen (secondary N) is 1. The molecule has 0 aliphatic carbocycles. The number of carbonyl (C=O) groups excluding carboxylic acids is 2. The number of anilines is 1. The Balaban J connectivity index is 1.54. The van der Waals surface area contributed by atoms with Crippen LogP contribution in [0.15, 0.2) is 54.6 Å². The topological polar surface area (TPSA) is 49.4 Å². The number of amides is 2. The second kappa shape index (κ2) is 7.39. The van der Waals surface area contributed by atoms with Gasteiger partial charge in [-0.05, 0) is 36.1 Å². The molecule has 2 amide bonds. The molecule has 0 spiro atoms. The molecule has 0 unspecified atom stereocenters. The van der Waals surface area contributed by atoms with Gasteiger partial charge in [0.1, 0.15) is 10.9 Å². The van der Waals surface area contributed by atoms with E-state index < -0.39 is 10.9 Å². The lowest BCUT2D eigenvalue weighted by Crippen LogP contribution is -2.48. The summed E-state index contributed by atoms with van der Waals surface area (Å²) in [7, 11) is 0. The van der Waals surface area contributed by atoms with Crippen LogP contribution in [0.3, 0.4) is 0 Å².